The van der Waals surface area contributed by atoms with Gasteiger partial charge in [0.25, 0.3) is 0 Å². The fraction of sp³-hybridized carbons (Fsp3) is 0.455. The first-order valence-electron chi connectivity index (χ1n) is 9.06. The second-order valence-corrected chi connectivity index (χ2v) is 9.87. The Morgan fingerprint density at radius 2 is 1.35 bits per heavy atom. The molecule has 0 saturated heterocycles. The van der Waals surface area contributed by atoms with Crippen molar-refractivity contribution in [2.24, 2.45) is 17.8 Å². The third-order valence-corrected chi connectivity index (χ3v) is 8.35. The topological polar surface area (TPSA) is 0 Å². The summed E-state index contributed by atoms with van der Waals surface area (Å²) in [5.74, 6) is 2.51. The summed E-state index contributed by atoms with van der Waals surface area (Å²) in [6.07, 6.45) is 4.20. The Balaban J connectivity index is 2.03. The molecule has 0 bridgehead atoms. The van der Waals surface area contributed by atoms with Crippen molar-refractivity contribution in [1.82, 2.24) is 0 Å². The lowest BCUT2D eigenvalue weighted by Crippen LogP contribution is -2.35. The highest BCUT2D eigenvalue weighted by Gasteiger charge is 2.37. The second-order valence-electron chi connectivity index (χ2n) is 7.43. The van der Waals surface area contributed by atoms with Crippen LogP contribution in [-0.4, -0.2) is 5.66 Å². The molecule has 1 aliphatic rings. The van der Waals surface area contributed by atoms with Crippen LogP contribution < -0.4 is 10.6 Å². The van der Waals surface area contributed by atoms with Gasteiger partial charge >= 0.3 is 0 Å². The van der Waals surface area contributed by atoms with Crippen LogP contribution in [0.4, 0.5) is 0 Å². The SMILES string of the molecule is CC(C)[C@H]1CC[C@@H](C)C[C@@H]1P(c1ccccc1)c1ccccc1. The van der Waals surface area contributed by atoms with Crippen molar-refractivity contribution in [2.75, 3.05) is 0 Å². The zero-order valence-corrected chi connectivity index (χ0v) is 15.5. The van der Waals surface area contributed by atoms with E-state index in [1.165, 1.54) is 19.3 Å². The van der Waals surface area contributed by atoms with Crippen molar-refractivity contribution in [1.29, 1.82) is 0 Å². The first-order valence-corrected chi connectivity index (χ1v) is 10.5. The maximum atomic E-state index is 2.45. The van der Waals surface area contributed by atoms with Gasteiger partial charge in [0.15, 0.2) is 0 Å². The molecule has 3 rings (SSSR count). The molecule has 0 N–H and O–H groups in total. The number of hydrogen-bond acceptors (Lipinski definition) is 0. The Labute approximate surface area is 143 Å². The zero-order valence-electron chi connectivity index (χ0n) is 14.7. The largest absolute Gasteiger partial charge is 0.0625 e. The smallest absolute Gasteiger partial charge is 0.00955 e. The molecule has 3 atom stereocenters. The summed E-state index contributed by atoms with van der Waals surface area (Å²) in [5.41, 5.74) is 0.818. The number of benzene rings is 2. The molecule has 0 amide bonds. The Morgan fingerprint density at radius 1 is 0.826 bits per heavy atom. The third-order valence-electron chi connectivity index (χ3n) is 5.39. The normalized spacial score (nSPS) is 25.0. The van der Waals surface area contributed by atoms with E-state index in [1.54, 1.807) is 10.6 Å². The van der Waals surface area contributed by atoms with Crippen LogP contribution in [-0.2, 0) is 0 Å². The fourth-order valence-electron chi connectivity index (χ4n) is 4.16. The van der Waals surface area contributed by atoms with Gasteiger partial charge < -0.3 is 0 Å². The summed E-state index contributed by atoms with van der Waals surface area (Å²) < 4.78 is 0. The molecule has 2 aromatic carbocycles. The molecule has 0 aromatic heterocycles. The van der Waals surface area contributed by atoms with E-state index in [0.29, 0.717) is 0 Å². The van der Waals surface area contributed by atoms with Crippen LogP contribution in [0.15, 0.2) is 60.7 Å². The first-order chi connectivity index (χ1) is 11.2. The predicted molar refractivity (Wildman–Crippen MR) is 104 cm³/mol. The Kier molecular flexibility index (Phi) is 5.54. The van der Waals surface area contributed by atoms with Crippen LogP contribution in [0.3, 0.4) is 0 Å². The summed E-state index contributed by atoms with van der Waals surface area (Å²) >= 11 is 0. The molecule has 1 aliphatic carbocycles. The van der Waals surface area contributed by atoms with Gasteiger partial charge in [0.2, 0.25) is 0 Å². The molecule has 2 aromatic rings. The number of hydrogen-bond donors (Lipinski definition) is 0. The van der Waals surface area contributed by atoms with Crippen LogP contribution in [0.1, 0.15) is 40.0 Å². The van der Waals surface area contributed by atoms with Gasteiger partial charge in [-0.15, -0.1) is 0 Å². The molecule has 1 fully saturated rings. The molecule has 0 heterocycles. The molecule has 0 radical (unpaired) electrons. The van der Waals surface area contributed by atoms with E-state index in [4.69, 9.17) is 0 Å². The van der Waals surface area contributed by atoms with Gasteiger partial charge in [-0.3, -0.25) is 0 Å². The summed E-state index contributed by atoms with van der Waals surface area (Å²) in [4.78, 5) is 0. The van der Waals surface area contributed by atoms with Crippen molar-refractivity contribution in [3.05, 3.63) is 60.7 Å². The van der Waals surface area contributed by atoms with E-state index in [1.807, 2.05) is 0 Å². The molecule has 23 heavy (non-hydrogen) atoms. The van der Waals surface area contributed by atoms with E-state index in [0.717, 1.165) is 23.4 Å². The molecule has 0 unspecified atom stereocenters. The minimum Gasteiger partial charge on any atom is -0.0625 e. The molecule has 0 spiro atoms. The maximum Gasteiger partial charge on any atom is -0.00955 e. The zero-order chi connectivity index (χ0) is 16.2. The van der Waals surface area contributed by atoms with Crippen LogP contribution in [0.5, 0.6) is 0 Å². The minimum atomic E-state index is -0.267. The molecule has 0 nitrogen and oxygen atoms in total. The monoisotopic (exact) mass is 324 g/mol. The van der Waals surface area contributed by atoms with E-state index in [9.17, 15) is 0 Å². The third kappa shape index (κ3) is 3.86. The lowest BCUT2D eigenvalue weighted by Gasteiger charge is -2.42. The van der Waals surface area contributed by atoms with Crippen molar-refractivity contribution in [3.8, 4) is 0 Å². The summed E-state index contributed by atoms with van der Waals surface area (Å²) in [6, 6.07) is 22.6. The van der Waals surface area contributed by atoms with Gasteiger partial charge in [0, 0.05) is 0 Å². The first kappa shape index (κ1) is 16.7. The van der Waals surface area contributed by atoms with E-state index >= 15 is 0 Å². The summed E-state index contributed by atoms with van der Waals surface area (Å²) in [6.45, 7) is 7.31. The van der Waals surface area contributed by atoms with Crippen molar-refractivity contribution >= 4 is 18.5 Å². The van der Waals surface area contributed by atoms with E-state index in [-0.39, 0.29) is 7.92 Å². The molecule has 1 heteroatoms. The molecular formula is C22H29P. The van der Waals surface area contributed by atoms with Crippen molar-refractivity contribution < 1.29 is 0 Å². The fourth-order valence-corrected chi connectivity index (χ4v) is 7.66. The van der Waals surface area contributed by atoms with Gasteiger partial charge in [-0.05, 0) is 54.8 Å². The predicted octanol–water partition coefficient (Wildman–Crippen LogP) is 5.58. The van der Waals surface area contributed by atoms with Gasteiger partial charge in [-0.25, -0.2) is 0 Å². The van der Waals surface area contributed by atoms with Gasteiger partial charge in [-0.2, -0.15) is 0 Å². The Bertz CT molecular complexity index is 550. The maximum absolute atomic E-state index is 2.45. The summed E-state index contributed by atoms with van der Waals surface area (Å²) in [7, 11) is -0.267. The Morgan fingerprint density at radius 3 is 1.83 bits per heavy atom. The minimum absolute atomic E-state index is 0.267. The average Bonchev–Trinajstić information content (AvgIpc) is 2.57. The highest BCUT2D eigenvalue weighted by atomic mass is 31.1. The highest BCUT2D eigenvalue weighted by molar-refractivity contribution is 7.73. The van der Waals surface area contributed by atoms with Gasteiger partial charge in [0.1, 0.15) is 0 Å². The lowest BCUT2D eigenvalue weighted by molar-refractivity contribution is 0.242. The van der Waals surface area contributed by atoms with Crippen molar-refractivity contribution in [2.45, 2.75) is 45.7 Å². The second kappa shape index (κ2) is 7.63. The van der Waals surface area contributed by atoms with Crippen LogP contribution in [0.25, 0.3) is 0 Å². The molecule has 122 valence electrons. The van der Waals surface area contributed by atoms with Crippen molar-refractivity contribution in [3.63, 3.8) is 0 Å². The lowest BCUT2D eigenvalue weighted by atomic mass is 9.77. The Hall–Kier alpha value is -1.13. The van der Waals surface area contributed by atoms with E-state index < -0.39 is 0 Å². The quantitative estimate of drug-likeness (QED) is 0.644. The van der Waals surface area contributed by atoms with Crippen LogP contribution in [0, 0.1) is 17.8 Å². The molecule has 0 aliphatic heterocycles. The standard InChI is InChI=1S/C22H29P/c1-17(2)21-15-14-18(3)16-22(21)23(19-10-6-4-7-11-19)20-12-8-5-9-13-20/h4-13,17-18,21-22H,14-16H2,1-3H3/t18-,21-,22+/m1/s1. The highest BCUT2D eigenvalue weighted by Crippen LogP contribution is 2.51. The molecule has 1 saturated carbocycles. The molecular weight excluding hydrogens is 295 g/mol. The average molecular weight is 324 g/mol. The van der Waals surface area contributed by atoms with E-state index in [2.05, 4.69) is 81.4 Å². The summed E-state index contributed by atoms with van der Waals surface area (Å²) in [5, 5.41) is 3.11. The van der Waals surface area contributed by atoms with Gasteiger partial charge in [0.05, 0.1) is 0 Å². The van der Waals surface area contributed by atoms with Gasteiger partial charge in [-0.1, -0.05) is 87.9 Å². The van der Waals surface area contributed by atoms with Crippen LogP contribution in [0.2, 0.25) is 0 Å². The number of rotatable bonds is 4. The van der Waals surface area contributed by atoms with Crippen LogP contribution >= 0.6 is 7.92 Å².